The van der Waals surface area contributed by atoms with Gasteiger partial charge in [-0.1, -0.05) is 42.5 Å². The van der Waals surface area contributed by atoms with Crippen LogP contribution in [0.5, 0.6) is 5.75 Å². The maximum absolute atomic E-state index is 5.38. The molecule has 0 aliphatic carbocycles. The Balaban J connectivity index is 0.00000338. The van der Waals surface area contributed by atoms with Crippen molar-refractivity contribution in [3.05, 3.63) is 65.2 Å². The van der Waals surface area contributed by atoms with Crippen LogP contribution in [0.1, 0.15) is 16.7 Å². The maximum Gasteiger partial charge on any atom is 0.191 e. The summed E-state index contributed by atoms with van der Waals surface area (Å²) in [6, 6.07) is 16.4. The topological polar surface area (TPSA) is 54.9 Å². The van der Waals surface area contributed by atoms with E-state index in [0.717, 1.165) is 24.7 Å². The highest BCUT2D eigenvalue weighted by Crippen LogP contribution is 2.17. The van der Waals surface area contributed by atoms with E-state index in [1.807, 2.05) is 24.3 Å². The third-order valence-corrected chi connectivity index (χ3v) is 3.87. The van der Waals surface area contributed by atoms with Crippen LogP contribution in [0.25, 0.3) is 0 Å². The van der Waals surface area contributed by atoms with E-state index in [4.69, 9.17) is 9.47 Å². The van der Waals surface area contributed by atoms with Crippen molar-refractivity contribution in [2.24, 2.45) is 4.99 Å². The third-order valence-electron chi connectivity index (χ3n) is 3.87. The fourth-order valence-corrected chi connectivity index (χ4v) is 2.63. The molecule has 0 atom stereocenters. The van der Waals surface area contributed by atoms with Crippen molar-refractivity contribution in [1.82, 2.24) is 10.6 Å². The number of halogens is 1. The van der Waals surface area contributed by atoms with E-state index in [1.165, 1.54) is 16.7 Å². The van der Waals surface area contributed by atoms with Crippen molar-refractivity contribution in [3.63, 3.8) is 0 Å². The van der Waals surface area contributed by atoms with E-state index in [9.17, 15) is 0 Å². The normalized spacial score (nSPS) is 10.8. The van der Waals surface area contributed by atoms with Gasteiger partial charge in [0, 0.05) is 27.2 Å². The van der Waals surface area contributed by atoms with Crippen molar-refractivity contribution < 1.29 is 9.47 Å². The van der Waals surface area contributed by atoms with Gasteiger partial charge in [0.15, 0.2) is 5.96 Å². The number of benzene rings is 2. The zero-order valence-corrected chi connectivity index (χ0v) is 17.9. The smallest absolute Gasteiger partial charge is 0.191 e. The molecule has 0 bridgehead atoms. The fourth-order valence-electron chi connectivity index (χ4n) is 2.63. The van der Waals surface area contributed by atoms with Gasteiger partial charge in [-0.25, -0.2) is 0 Å². The second-order valence-electron chi connectivity index (χ2n) is 5.67. The van der Waals surface area contributed by atoms with E-state index in [0.29, 0.717) is 13.2 Å². The molecule has 6 heteroatoms. The Kier molecular flexibility index (Phi) is 10.7. The lowest BCUT2D eigenvalue weighted by molar-refractivity contribution is 0.185. The average molecular weight is 469 g/mol. The Morgan fingerprint density at radius 2 is 1.77 bits per heavy atom. The number of rotatable bonds is 8. The number of nitrogens with one attached hydrogen (secondary N) is 2. The highest BCUT2D eigenvalue weighted by atomic mass is 127. The summed E-state index contributed by atoms with van der Waals surface area (Å²) in [4.78, 5) is 4.27. The number of hydrogen-bond donors (Lipinski definition) is 2. The van der Waals surface area contributed by atoms with Gasteiger partial charge in [0.05, 0.1) is 13.7 Å². The number of aliphatic imine (C=N–C) groups is 1. The van der Waals surface area contributed by atoms with Crippen molar-refractivity contribution in [2.75, 3.05) is 27.8 Å². The molecule has 142 valence electrons. The summed E-state index contributed by atoms with van der Waals surface area (Å²) in [5.74, 6) is 1.70. The zero-order valence-electron chi connectivity index (χ0n) is 15.6. The van der Waals surface area contributed by atoms with Gasteiger partial charge in [-0.15, -0.1) is 24.0 Å². The summed E-state index contributed by atoms with van der Waals surface area (Å²) in [6.07, 6.45) is 0.869. The number of methoxy groups -OCH3 is 2. The largest absolute Gasteiger partial charge is 0.496 e. The Bertz CT molecular complexity index is 692. The number of hydrogen-bond acceptors (Lipinski definition) is 3. The molecule has 0 spiro atoms. The third kappa shape index (κ3) is 7.21. The van der Waals surface area contributed by atoms with Gasteiger partial charge in [0.1, 0.15) is 5.75 Å². The van der Waals surface area contributed by atoms with E-state index in [-0.39, 0.29) is 24.0 Å². The molecule has 0 unspecified atom stereocenters. The minimum Gasteiger partial charge on any atom is -0.496 e. The molecule has 0 fully saturated rings. The van der Waals surface area contributed by atoms with E-state index in [1.54, 1.807) is 21.3 Å². The molecule has 0 saturated heterocycles. The molecule has 2 N–H and O–H groups in total. The minimum absolute atomic E-state index is 0. The van der Waals surface area contributed by atoms with Crippen LogP contribution in [-0.4, -0.2) is 33.8 Å². The van der Waals surface area contributed by atoms with Crippen LogP contribution in [0.15, 0.2) is 53.5 Å². The molecule has 2 aromatic carbocycles. The molecule has 2 aromatic rings. The molecule has 5 nitrogen and oxygen atoms in total. The first-order chi connectivity index (χ1) is 12.3. The predicted molar refractivity (Wildman–Crippen MR) is 117 cm³/mol. The average Bonchev–Trinajstić information content (AvgIpc) is 2.65. The molecule has 0 heterocycles. The summed E-state index contributed by atoms with van der Waals surface area (Å²) in [5, 5.41) is 6.67. The second kappa shape index (κ2) is 12.5. The SMILES string of the molecule is CN=C(NCCc1ccccc1OC)NCc1cccc(COC)c1.I. The number of para-hydroxylation sites is 1. The Morgan fingerprint density at radius 3 is 2.50 bits per heavy atom. The first kappa shape index (κ1) is 22.2. The van der Waals surface area contributed by atoms with Crippen LogP contribution < -0.4 is 15.4 Å². The highest BCUT2D eigenvalue weighted by Gasteiger charge is 2.03. The van der Waals surface area contributed by atoms with Gasteiger partial charge in [-0.2, -0.15) is 0 Å². The lowest BCUT2D eigenvalue weighted by Crippen LogP contribution is -2.37. The van der Waals surface area contributed by atoms with Crippen molar-refractivity contribution >= 4 is 29.9 Å². The van der Waals surface area contributed by atoms with Crippen LogP contribution in [0, 0.1) is 0 Å². The highest BCUT2D eigenvalue weighted by molar-refractivity contribution is 14.0. The molecule has 0 saturated carbocycles. The Morgan fingerprint density at radius 1 is 1.00 bits per heavy atom. The lowest BCUT2D eigenvalue weighted by Gasteiger charge is -2.13. The number of nitrogens with zero attached hydrogens (tertiary/aromatic N) is 1. The molecule has 0 aliphatic heterocycles. The quantitative estimate of drug-likeness (QED) is 0.354. The monoisotopic (exact) mass is 469 g/mol. The van der Waals surface area contributed by atoms with Crippen LogP contribution in [0.4, 0.5) is 0 Å². The Labute approximate surface area is 173 Å². The van der Waals surface area contributed by atoms with Crippen molar-refractivity contribution in [2.45, 2.75) is 19.6 Å². The summed E-state index contributed by atoms with van der Waals surface area (Å²) in [7, 11) is 5.18. The maximum atomic E-state index is 5.38. The Hall–Kier alpha value is -1.80. The molecule has 0 radical (unpaired) electrons. The van der Waals surface area contributed by atoms with Gasteiger partial charge in [-0.3, -0.25) is 4.99 Å². The van der Waals surface area contributed by atoms with E-state index >= 15 is 0 Å². The number of ether oxygens (including phenoxy) is 2. The predicted octanol–water partition coefficient (Wildman–Crippen LogP) is 3.37. The molecular weight excluding hydrogens is 441 g/mol. The molecular formula is C20H28IN3O2. The summed E-state index contributed by atoms with van der Waals surface area (Å²) < 4.78 is 10.6. The van der Waals surface area contributed by atoms with Gasteiger partial charge in [0.2, 0.25) is 0 Å². The van der Waals surface area contributed by atoms with Crippen LogP contribution >= 0.6 is 24.0 Å². The summed E-state index contributed by atoms with van der Waals surface area (Å²) in [5.41, 5.74) is 3.54. The van der Waals surface area contributed by atoms with Crippen molar-refractivity contribution in [3.8, 4) is 5.75 Å². The van der Waals surface area contributed by atoms with E-state index < -0.39 is 0 Å². The summed E-state index contributed by atoms with van der Waals surface area (Å²) in [6.45, 7) is 2.12. The van der Waals surface area contributed by atoms with Gasteiger partial charge in [0.25, 0.3) is 0 Å². The van der Waals surface area contributed by atoms with E-state index in [2.05, 4.69) is 39.9 Å². The standard InChI is InChI=1S/C20H27N3O2.HI/c1-21-20(22-12-11-18-9-4-5-10-19(18)25-3)23-14-16-7-6-8-17(13-16)15-24-2;/h4-10,13H,11-12,14-15H2,1-3H3,(H2,21,22,23);1H. The zero-order chi connectivity index (χ0) is 17.9. The van der Waals surface area contributed by atoms with Crippen LogP contribution in [-0.2, 0) is 24.3 Å². The van der Waals surface area contributed by atoms with Crippen molar-refractivity contribution in [1.29, 1.82) is 0 Å². The number of guanidine groups is 1. The van der Waals surface area contributed by atoms with Crippen LogP contribution in [0.2, 0.25) is 0 Å². The molecule has 0 aromatic heterocycles. The van der Waals surface area contributed by atoms with Gasteiger partial charge >= 0.3 is 0 Å². The second-order valence-corrected chi connectivity index (χ2v) is 5.67. The molecule has 0 amide bonds. The molecule has 2 rings (SSSR count). The fraction of sp³-hybridized carbons (Fsp3) is 0.350. The lowest BCUT2D eigenvalue weighted by atomic mass is 10.1. The first-order valence-corrected chi connectivity index (χ1v) is 8.40. The molecule has 26 heavy (non-hydrogen) atoms. The van der Waals surface area contributed by atoms with Gasteiger partial charge in [-0.05, 0) is 29.2 Å². The first-order valence-electron chi connectivity index (χ1n) is 8.40. The van der Waals surface area contributed by atoms with Gasteiger partial charge < -0.3 is 20.1 Å². The minimum atomic E-state index is 0. The van der Waals surface area contributed by atoms with Crippen LogP contribution in [0.3, 0.4) is 0 Å². The molecule has 0 aliphatic rings. The summed E-state index contributed by atoms with van der Waals surface area (Å²) >= 11 is 0.